The van der Waals surface area contributed by atoms with Gasteiger partial charge in [-0.15, -0.1) is 0 Å². The molecule has 0 aromatic heterocycles. The number of halogens is 1. The summed E-state index contributed by atoms with van der Waals surface area (Å²) >= 11 is 0. The standard InChI is InChI=1S/C22H23FN2O3/c1-25-13-12-22(11-10-20(25)26)14-18(17-4-2-3-5-19(17)28-22)24-21(27)15-6-8-16(23)9-7-15/h2-9,18H,10-14H2,1H3,(H,24,27)/t18-,22+/m0/s1. The lowest BCUT2D eigenvalue weighted by atomic mass is 9.82. The van der Waals surface area contributed by atoms with Crippen molar-refractivity contribution in [1.29, 1.82) is 0 Å². The number of nitrogens with zero attached hydrogens (tertiary/aromatic N) is 1. The van der Waals surface area contributed by atoms with Gasteiger partial charge in [-0.3, -0.25) is 9.59 Å². The van der Waals surface area contributed by atoms with E-state index in [0.717, 1.165) is 11.3 Å². The zero-order chi connectivity index (χ0) is 19.7. The molecular formula is C22H23FN2O3. The first-order valence-corrected chi connectivity index (χ1v) is 9.54. The first-order valence-electron chi connectivity index (χ1n) is 9.54. The van der Waals surface area contributed by atoms with Crippen molar-refractivity contribution in [2.24, 2.45) is 0 Å². The molecule has 2 aliphatic rings. The van der Waals surface area contributed by atoms with E-state index in [4.69, 9.17) is 4.74 Å². The van der Waals surface area contributed by atoms with Crippen LogP contribution in [-0.4, -0.2) is 35.9 Å². The van der Waals surface area contributed by atoms with E-state index < -0.39 is 5.60 Å². The van der Waals surface area contributed by atoms with Crippen molar-refractivity contribution in [3.8, 4) is 5.75 Å². The highest BCUT2D eigenvalue weighted by molar-refractivity contribution is 5.94. The third kappa shape index (κ3) is 3.59. The molecule has 2 aromatic carbocycles. The van der Waals surface area contributed by atoms with Gasteiger partial charge in [0.1, 0.15) is 17.2 Å². The van der Waals surface area contributed by atoms with Crippen molar-refractivity contribution in [2.45, 2.75) is 37.3 Å². The summed E-state index contributed by atoms with van der Waals surface area (Å²) in [5, 5.41) is 3.09. The molecule has 1 spiro atoms. The molecule has 2 atom stereocenters. The van der Waals surface area contributed by atoms with Crippen molar-refractivity contribution in [3.63, 3.8) is 0 Å². The van der Waals surface area contributed by atoms with Gasteiger partial charge in [0.25, 0.3) is 5.91 Å². The number of hydrogen-bond acceptors (Lipinski definition) is 3. The Kier molecular flexibility index (Phi) is 4.79. The Morgan fingerprint density at radius 2 is 1.93 bits per heavy atom. The van der Waals surface area contributed by atoms with Crippen molar-refractivity contribution < 1.29 is 18.7 Å². The van der Waals surface area contributed by atoms with E-state index in [1.54, 1.807) is 4.90 Å². The summed E-state index contributed by atoms with van der Waals surface area (Å²) in [5.74, 6) is 0.235. The average molecular weight is 382 g/mol. The van der Waals surface area contributed by atoms with Gasteiger partial charge in [0.05, 0.1) is 6.04 Å². The smallest absolute Gasteiger partial charge is 0.251 e. The van der Waals surface area contributed by atoms with Gasteiger partial charge >= 0.3 is 0 Å². The lowest BCUT2D eigenvalue weighted by Crippen LogP contribution is -2.45. The number of amides is 2. The minimum atomic E-state index is -0.491. The molecule has 0 bridgehead atoms. The van der Waals surface area contributed by atoms with Crippen LogP contribution in [0.25, 0.3) is 0 Å². The zero-order valence-corrected chi connectivity index (χ0v) is 15.8. The largest absolute Gasteiger partial charge is 0.487 e. The summed E-state index contributed by atoms with van der Waals surface area (Å²) < 4.78 is 19.6. The number of hydrogen-bond donors (Lipinski definition) is 1. The number of benzene rings is 2. The number of fused-ring (bicyclic) bond motifs is 1. The number of ether oxygens (including phenoxy) is 1. The quantitative estimate of drug-likeness (QED) is 0.865. The molecule has 146 valence electrons. The summed E-state index contributed by atoms with van der Waals surface area (Å²) in [4.78, 5) is 26.6. The molecule has 2 heterocycles. The number of nitrogens with one attached hydrogen (secondary N) is 1. The van der Waals surface area contributed by atoms with Crippen LogP contribution in [0.1, 0.15) is 47.6 Å². The molecule has 0 aliphatic carbocycles. The highest BCUT2D eigenvalue weighted by Gasteiger charge is 2.43. The van der Waals surface area contributed by atoms with Gasteiger partial charge in [0.2, 0.25) is 5.91 Å². The second kappa shape index (κ2) is 7.26. The van der Waals surface area contributed by atoms with Crippen LogP contribution in [0.5, 0.6) is 5.75 Å². The average Bonchev–Trinajstić information content (AvgIpc) is 2.83. The van der Waals surface area contributed by atoms with E-state index in [0.29, 0.717) is 37.8 Å². The van der Waals surface area contributed by atoms with Crippen LogP contribution >= 0.6 is 0 Å². The van der Waals surface area contributed by atoms with Gasteiger partial charge in [-0.25, -0.2) is 4.39 Å². The maximum Gasteiger partial charge on any atom is 0.251 e. The Morgan fingerprint density at radius 1 is 1.18 bits per heavy atom. The van der Waals surface area contributed by atoms with Crippen LogP contribution in [0.3, 0.4) is 0 Å². The third-order valence-corrected chi connectivity index (χ3v) is 5.73. The van der Waals surface area contributed by atoms with Crippen LogP contribution in [0.15, 0.2) is 48.5 Å². The summed E-state index contributed by atoms with van der Waals surface area (Å²) in [6, 6.07) is 13.0. The fourth-order valence-electron chi connectivity index (χ4n) is 4.04. The highest BCUT2D eigenvalue weighted by atomic mass is 19.1. The Hall–Kier alpha value is -2.89. The van der Waals surface area contributed by atoms with Crippen molar-refractivity contribution in [1.82, 2.24) is 10.2 Å². The van der Waals surface area contributed by atoms with Crippen molar-refractivity contribution in [3.05, 3.63) is 65.5 Å². The number of carbonyl (C=O) groups is 2. The number of carbonyl (C=O) groups excluding carboxylic acids is 2. The van der Waals surface area contributed by atoms with E-state index in [-0.39, 0.29) is 23.7 Å². The molecule has 6 heteroatoms. The summed E-state index contributed by atoms with van der Waals surface area (Å²) in [7, 11) is 1.81. The summed E-state index contributed by atoms with van der Waals surface area (Å²) in [6.45, 7) is 0.625. The summed E-state index contributed by atoms with van der Waals surface area (Å²) in [6.07, 6.45) is 2.36. The van der Waals surface area contributed by atoms with Gasteiger partial charge < -0.3 is 15.0 Å². The van der Waals surface area contributed by atoms with Gasteiger partial charge in [-0.05, 0) is 36.8 Å². The van der Waals surface area contributed by atoms with Gasteiger partial charge in [0, 0.05) is 44.0 Å². The Labute approximate surface area is 163 Å². The monoisotopic (exact) mass is 382 g/mol. The molecule has 1 fully saturated rings. The van der Waals surface area contributed by atoms with Crippen molar-refractivity contribution in [2.75, 3.05) is 13.6 Å². The molecule has 0 saturated carbocycles. The van der Waals surface area contributed by atoms with Crippen LogP contribution in [0.2, 0.25) is 0 Å². The molecule has 2 aromatic rings. The number of likely N-dealkylation sites (tertiary alicyclic amines) is 1. The minimum absolute atomic E-state index is 0.117. The fraction of sp³-hybridized carbons (Fsp3) is 0.364. The predicted molar refractivity (Wildman–Crippen MR) is 103 cm³/mol. The van der Waals surface area contributed by atoms with Crippen LogP contribution < -0.4 is 10.1 Å². The molecule has 2 amide bonds. The molecule has 2 aliphatic heterocycles. The topological polar surface area (TPSA) is 58.6 Å². The molecule has 1 N–H and O–H groups in total. The van der Waals surface area contributed by atoms with E-state index >= 15 is 0 Å². The Bertz CT molecular complexity index is 899. The van der Waals surface area contributed by atoms with Gasteiger partial charge in [0.15, 0.2) is 0 Å². The molecule has 5 nitrogen and oxygen atoms in total. The van der Waals surface area contributed by atoms with E-state index in [1.165, 1.54) is 24.3 Å². The fourth-order valence-corrected chi connectivity index (χ4v) is 4.04. The highest BCUT2D eigenvalue weighted by Crippen LogP contribution is 2.44. The lowest BCUT2D eigenvalue weighted by Gasteiger charge is -2.42. The van der Waals surface area contributed by atoms with E-state index in [2.05, 4.69) is 5.32 Å². The molecule has 4 rings (SSSR count). The van der Waals surface area contributed by atoms with E-state index in [1.807, 2.05) is 31.3 Å². The molecular weight excluding hydrogens is 359 g/mol. The molecule has 0 radical (unpaired) electrons. The number of rotatable bonds is 2. The Morgan fingerprint density at radius 3 is 2.71 bits per heavy atom. The minimum Gasteiger partial charge on any atom is -0.487 e. The second-order valence-corrected chi connectivity index (χ2v) is 7.63. The van der Waals surface area contributed by atoms with Crippen LogP contribution in [-0.2, 0) is 4.79 Å². The summed E-state index contributed by atoms with van der Waals surface area (Å²) in [5.41, 5.74) is 0.845. The van der Waals surface area contributed by atoms with Crippen LogP contribution in [0, 0.1) is 5.82 Å². The second-order valence-electron chi connectivity index (χ2n) is 7.63. The first kappa shape index (κ1) is 18.5. The van der Waals surface area contributed by atoms with Crippen molar-refractivity contribution >= 4 is 11.8 Å². The molecule has 0 unspecified atom stereocenters. The molecule has 1 saturated heterocycles. The third-order valence-electron chi connectivity index (χ3n) is 5.73. The lowest BCUT2D eigenvalue weighted by molar-refractivity contribution is -0.129. The maximum atomic E-state index is 13.2. The van der Waals surface area contributed by atoms with Gasteiger partial charge in [-0.1, -0.05) is 18.2 Å². The van der Waals surface area contributed by atoms with E-state index in [9.17, 15) is 14.0 Å². The van der Waals surface area contributed by atoms with Crippen LogP contribution in [0.4, 0.5) is 4.39 Å². The van der Waals surface area contributed by atoms with Gasteiger partial charge in [-0.2, -0.15) is 0 Å². The first-order chi connectivity index (χ1) is 13.5. The normalized spacial score (nSPS) is 24.3. The Balaban J connectivity index is 1.61. The molecule has 28 heavy (non-hydrogen) atoms. The SMILES string of the molecule is CN1CC[C@]2(CCC1=O)C[C@H](NC(=O)c1ccc(F)cc1)c1ccccc1O2. The number of para-hydroxylation sites is 1. The predicted octanol–water partition coefficient (Wildman–Crippen LogP) is 3.46. The maximum absolute atomic E-state index is 13.2. The zero-order valence-electron chi connectivity index (χ0n) is 15.8.